The van der Waals surface area contributed by atoms with Gasteiger partial charge in [0, 0.05) is 12.4 Å². The molecule has 0 aliphatic carbocycles. The van der Waals surface area contributed by atoms with E-state index in [1.165, 1.54) is 0 Å². The number of hydrogen-bond donors (Lipinski definition) is 2. The van der Waals surface area contributed by atoms with Crippen molar-refractivity contribution in [3.05, 3.63) is 35.7 Å². The van der Waals surface area contributed by atoms with Crippen LogP contribution >= 0.6 is 0 Å². The fraction of sp³-hybridized carbons (Fsp3) is 0.308. The third kappa shape index (κ3) is 2.16. The average molecular weight is 256 g/mol. The number of aromatic nitrogens is 5. The van der Waals surface area contributed by atoms with Crippen LogP contribution in [0.2, 0.25) is 0 Å². The SMILES string of the molecule is Cc1ncc(CNc2cnc3c(c2)c(C)nn3C)[nH]1. The summed E-state index contributed by atoms with van der Waals surface area (Å²) in [5.74, 6) is 0.925. The maximum atomic E-state index is 4.43. The number of nitrogens with zero attached hydrogens (tertiary/aromatic N) is 4. The molecular weight excluding hydrogens is 240 g/mol. The van der Waals surface area contributed by atoms with Gasteiger partial charge in [-0.2, -0.15) is 5.10 Å². The Kier molecular flexibility index (Phi) is 2.70. The number of H-pyrrole nitrogens is 1. The summed E-state index contributed by atoms with van der Waals surface area (Å²) in [6.07, 6.45) is 3.66. The summed E-state index contributed by atoms with van der Waals surface area (Å²) < 4.78 is 1.80. The average Bonchev–Trinajstić information content (AvgIpc) is 2.92. The van der Waals surface area contributed by atoms with Crippen LogP contribution in [0, 0.1) is 13.8 Å². The maximum Gasteiger partial charge on any atom is 0.157 e. The van der Waals surface area contributed by atoms with Crippen LogP contribution in [0.3, 0.4) is 0 Å². The minimum atomic E-state index is 0.702. The second-order valence-corrected chi connectivity index (χ2v) is 4.65. The smallest absolute Gasteiger partial charge is 0.157 e. The summed E-state index contributed by atoms with van der Waals surface area (Å²) in [6, 6.07) is 2.08. The van der Waals surface area contributed by atoms with Crippen molar-refractivity contribution in [3.63, 3.8) is 0 Å². The molecule has 6 heteroatoms. The summed E-state index contributed by atoms with van der Waals surface area (Å²) in [4.78, 5) is 11.8. The molecule has 0 spiro atoms. The summed E-state index contributed by atoms with van der Waals surface area (Å²) >= 11 is 0. The molecule has 0 amide bonds. The summed E-state index contributed by atoms with van der Waals surface area (Å²) in [7, 11) is 1.91. The summed E-state index contributed by atoms with van der Waals surface area (Å²) in [5, 5.41) is 8.77. The fourth-order valence-corrected chi connectivity index (χ4v) is 2.16. The Hall–Kier alpha value is -2.37. The number of nitrogens with one attached hydrogen (secondary N) is 2. The number of aromatic amines is 1. The first-order valence-corrected chi connectivity index (χ1v) is 6.17. The second kappa shape index (κ2) is 4.38. The minimum Gasteiger partial charge on any atom is -0.378 e. The Labute approximate surface area is 110 Å². The highest BCUT2D eigenvalue weighted by Crippen LogP contribution is 2.19. The molecule has 19 heavy (non-hydrogen) atoms. The van der Waals surface area contributed by atoms with Crippen molar-refractivity contribution in [2.75, 3.05) is 5.32 Å². The molecule has 0 aliphatic rings. The zero-order valence-corrected chi connectivity index (χ0v) is 11.2. The predicted molar refractivity (Wildman–Crippen MR) is 73.9 cm³/mol. The first kappa shape index (κ1) is 11.7. The number of pyridine rings is 1. The highest BCUT2D eigenvalue weighted by Gasteiger charge is 2.07. The Morgan fingerprint density at radius 2 is 2.11 bits per heavy atom. The van der Waals surface area contributed by atoms with E-state index in [4.69, 9.17) is 0 Å². The van der Waals surface area contributed by atoms with Crippen LogP contribution < -0.4 is 5.32 Å². The standard InChI is InChI=1S/C13H16N6/c1-8-12-4-10(5-16-13(12)19(3)18-8)15-7-11-6-14-9(2)17-11/h4-6,15H,7H2,1-3H3,(H,14,17). The molecule has 0 atom stereocenters. The first-order chi connectivity index (χ1) is 9.13. The van der Waals surface area contributed by atoms with E-state index < -0.39 is 0 Å². The van der Waals surface area contributed by atoms with Crippen LogP contribution in [0.15, 0.2) is 18.5 Å². The Bertz CT molecular complexity index is 724. The zero-order valence-electron chi connectivity index (χ0n) is 11.2. The number of fused-ring (bicyclic) bond motifs is 1. The zero-order chi connectivity index (χ0) is 13.4. The van der Waals surface area contributed by atoms with Gasteiger partial charge in [0.05, 0.1) is 36.0 Å². The fourth-order valence-electron chi connectivity index (χ4n) is 2.16. The van der Waals surface area contributed by atoms with Crippen molar-refractivity contribution in [1.29, 1.82) is 0 Å². The van der Waals surface area contributed by atoms with Gasteiger partial charge in [0.25, 0.3) is 0 Å². The third-order valence-corrected chi connectivity index (χ3v) is 3.10. The molecule has 98 valence electrons. The van der Waals surface area contributed by atoms with Crippen molar-refractivity contribution in [3.8, 4) is 0 Å². The van der Waals surface area contributed by atoms with Crippen LogP contribution in [0.4, 0.5) is 5.69 Å². The van der Waals surface area contributed by atoms with Crippen LogP contribution in [-0.4, -0.2) is 24.7 Å². The van der Waals surface area contributed by atoms with Gasteiger partial charge in [0.2, 0.25) is 0 Å². The Morgan fingerprint density at radius 3 is 2.84 bits per heavy atom. The van der Waals surface area contributed by atoms with Crippen molar-refractivity contribution < 1.29 is 0 Å². The number of imidazole rings is 1. The van der Waals surface area contributed by atoms with Crippen molar-refractivity contribution in [2.45, 2.75) is 20.4 Å². The molecular formula is C13H16N6. The maximum absolute atomic E-state index is 4.43. The molecule has 0 bridgehead atoms. The molecule has 0 aliphatic heterocycles. The molecule has 2 N–H and O–H groups in total. The molecule has 0 saturated heterocycles. The van der Waals surface area contributed by atoms with E-state index >= 15 is 0 Å². The molecule has 0 aromatic carbocycles. The van der Waals surface area contributed by atoms with Gasteiger partial charge in [-0.15, -0.1) is 0 Å². The molecule has 0 saturated carbocycles. The van der Waals surface area contributed by atoms with Gasteiger partial charge < -0.3 is 10.3 Å². The molecule has 3 rings (SSSR count). The third-order valence-electron chi connectivity index (χ3n) is 3.10. The highest BCUT2D eigenvalue weighted by molar-refractivity contribution is 5.81. The predicted octanol–water partition coefficient (Wildman–Crippen LogP) is 1.92. The van der Waals surface area contributed by atoms with Crippen LogP contribution in [0.1, 0.15) is 17.2 Å². The molecule has 6 nitrogen and oxygen atoms in total. The quantitative estimate of drug-likeness (QED) is 0.751. The van der Waals surface area contributed by atoms with Gasteiger partial charge in [0.15, 0.2) is 5.65 Å². The number of aryl methyl sites for hydroxylation is 3. The lowest BCUT2D eigenvalue weighted by Crippen LogP contribution is -2.00. The topological polar surface area (TPSA) is 71.4 Å². The lowest BCUT2D eigenvalue weighted by atomic mass is 10.2. The molecule has 0 unspecified atom stereocenters. The van der Waals surface area contributed by atoms with E-state index in [9.17, 15) is 0 Å². The van der Waals surface area contributed by atoms with Gasteiger partial charge in [-0.3, -0.25) is 4.68 Å². The Balaban J connectivity index is 1.83. The van der Waals surface area contributed by atoms with Crippen molar-refractivity contribution in [1.82, 2.24) is 24.7 Å². The largest absolute Gasteiger partial charge is 0.378 e. The van der Waals surface area contributed by atoms with Gasteiger partial charge >= 0.3 is 0 Å². The molecule has 3 heterocycles. The van der Waals surface area contributed by atoms with E-state index in [1.807, 2.05) is 33.3 Å². The molecule has 3 aromatic heterocycles. The van der Waals surface area contributed by atoms with E-state index in [0.717, 1.165) is 33.9 Å². The van der Waals surface area contributed by atoms with E-state index in [2.05, 4.69) is 31.4 Å². The van der Waals surface area contributed by atoms with E-state index in [-0.39, 0.29) is 0 Å². The normalized spacial score (nSPS) is 11.1. The first-order valence-electron chi connectivity index (χ1n) is 6.17. The summed E-state index contributed by atoms with van der Waals surface area (Å²) in [5.41, 5.74) is 3.93. The summed E-state index contributed by atoms with van der Waals surface area (Å²) in [6.45, 7) is 4.63. The highest BCUT2D eigenvalue weighted by atomic mass is 15.3. The number of anilines is 1. The Morgan fingerprint density at radius 1 is 1.26 bits per heavy atom. The van der Waals surface area contributed by atoms with E-state index in [1.54, 1.807) is 4.68 Å². The van der Waals surface area contributed by atoms with Gasteiger partial charge in [-0.1, -0.05) is 0 Å². The minimum absolute atomic E-state index is 0.702. The lowest BCUT2D eigenvalue weighted by Gasteiger charge is -2.04. The molecule has 3 aromatic rings. The van der Waals surface area contributed by atoms with Crippen LogP contribution in [0.25, 0.3) is 11.0 Å². The van der Waals surface area contributed by atoms with E-state index in [0.29, 0.717) is 6.54 Å². The van der Waals surface area contributed by atoms with Gasteiger partial charge in [-0.05, 0) is 19.9 Å². The molecule has 0 fully saturated rings. The molecule has 0 radical (unpaired) electrons. The lowest BCUT2D eigenvalue weighted by molar-refractivity contribution is 0.774. The number of hydrogen-bond acceptors (Lipinski definition) is 4. The van der Waals surface area contributed by atoms with Crippen LogP contribution in [0.5, 0.6) is 0 Å². The van der Waals surface area contributed by atoms with Crippen molar-refractivity contribution in [2.24, 2.45) is 7.05 Å². The monoisotopic (exact) mass is 256 g/mol. The van der Waals surface area contributed by atoms with Crippen LogP contribution in [-0.2, 0) is 13.6 Å². The van der Waals surface area contributed by atoms with Crippen molar-refractivity contribution >= 4 is 16.7 Å². The second-order valence-electron chi connectivity index (χ2n) is 4.65. The van der Waals surface area contributed by atoms with Gasteiger partial charge in [-0.25, -0.2) is 9.97 Å². The number of rotatable bonds is 3. The van der Waals surface area contributed by atoms with Gasteiger partial charge in [0.1, 0.15) is 5.82 Å².